The van der Waals surface area contributed by atoms with E-state index in [4.69, 9.17) is 9.84 Å². The fourth-order valence-electron chi connectivity index (χ4n) is 2.72. The van der Waals surface area contributed by atoms with Gasteiger partial charge >= 0.3 is 6.03 Å². The number of ether oxygens (including phenoxy) is 1. The molecule has 0 spiro atoms. The zero-order valence-corrected chi connectivity index (χ0v) is 13.4. The average molecular weight is 306 g/mol. The predicted octanol–water partition coefficient (Wildman–Crippen LogP) is 2.04. The summed E-state index contributed by atoms with van der Waals surface area (Å²) in [4.78, 5) is 13.9. The Morgan fingerprint density at radius 2 is 2.18 bits per heavy atom. The Kier molecular flexibility index (Phi) is 6.07. The quantitative estimate of drug-likeness (QED) is 0.845. The van der Waals surface area contributed by atoms with Crippen molar-refractivity contribution in [1.82, 2.24) is 10.2 Å². The molecule has 2 amide bonds. The number of nitrogens with zero attached hydrogens (tertiary/aromatic N) is 1. The fourth-order valence-corrected chi connectivity index (χ4v) is 2.72. The van der Waals surface area contributed by atoms with E-state index >= 15 is 0 Å². The molecular weight excluding hydrogens is 280 g/mol. The molecule has 0 aliphatic carbocycles. The first-order chi connectivity index (χ1) is 10.6. The summed E-state index contributed by atoms with van der Waals surface area (Å²) in [5.41, 5.74) is 1.24. The molecule has 2 N–H and O–H groups in total. The molecule has 2 atom stereocenters. The van der Waals surface area contributed by atoms with E-state index in [0.717, 1.165) is 31.6 Å². The highest BCUT2D eigenvalue weighted by molar-refractivity contribution is 5.74. The number of methoxy groups -OCH3 is 1. The first-order valence-electron chi connectivity index (χ1n) is 7.91. The summed E-state index contributed by atoms with van der Waals surface area (Å²) in [6.07, 6.45) is 2.71. The summed E-state index contributed by atoms with van der Waals surface area (Å²) in [7, 11) is 1.66. The monoisotopic (exact) mass is 306 g/mol. The van der Waals surface area contributed by atoms with Crippen molar-refractivity contribution < 1.29 is 14.6 Å². The van der Waals surface area contributed by atoms with Gasteiger partial charge < -0.3 is 20.1 Å². The van der Waals surface area contributed by atoms with Gasteiger partial charge in [-0.3, -0.25) is 0 Å². The first kappa shape index (κ1) is 16.6. The van der Waals surface area contributed by atoms with Crippen LogP contribution in [-0.2, 0) is 6.42 Å². The van der Waals surface area contributed by atoms with Crippen molar-refractivity contribution in [3.8, 4) is 5.75 Å². The van der Waals surface area contributed by atoms with Crippen LogP contribution < -0.4 is 10.1 Å². The summed E-state index contributed by atoms with van der Waals surface area (Å²) >= 11 is 0. The maximum absolute atomic E-state index is 12.1. The van der Waals surface area contributed by atoms with Gasteiger partial charge in [-0.05, 0) is 43.9 Å². The van der Waals surface area contributed by atoms with Crippen molar-refractivity contribution in [2.24, 2.45) is 5.92 Å². The highest BCUT2D eigenvalue weighted by Crippen LogP contribution is 2.16. The molecule has 1 fully saturated rings. The number of carbonyl (C=O) groups is 1. The number of nitrogens with one attached hydrogen (secondary N) is 1. The summed E-state index contributed by atoms with van der Waals surface area (Å²) in [5.74, 6) is 1.10. The number of benzene rings is 1. The smallest absolute Gasteiger partial charge is 0.317 e. The predicted molar refractivity (Wildman–Crippen MR) is 86.1 cm³/mol. The Bertz CT molecular complexity index is 475. The number of urea groups is 1. The van der Waals surface area contributed by atoms with Gasteiger partial charge in [0.25, 0.3) is 0 Å². The lowest BCUT2D eigenvalue weighted by Crippen LogP contribution is -2.43. The minimum atomic E-state index is -0.0156. The van der Waals surface area contributed by atoms with Gasteiger partial charge in [-0.2, -0.15) is 0 Å². The number of likely N-dealkylation sites (tertiary alicyclic amines) is 1. The molecule has 1 aliphatic heterocycles. The fraction of sp³-hybridized carbons (Fsp3) is 0.588. The van der Waals surface area contributed by atoms with Gasteiger partial charge in [-0.1, -0.05) is 12.1 Å². The Labute approximate surface area is 132 Å². The third-order valence-corrected chi connectivity index (χ3v) is 4.23. The van der Waals surface area contributed by atoms with E-state index in [1.807, 2.05) is 19.1 Å². The SMILES string of the molecule is COc1ccc(CCC(C)NC(=O)N2CCC(CO)C2)cc1. The summed E-state index contributed by atoms with van der Waals surface area (Å²) in [5, 5.41) is 12.2. The molecule has 5 heteroatoms. The lowest BCUT2D eigenvalue weighted by molar-refractivity contribution is 0.195. The lowest BCUT2D eigenvalue weighted by Gasteiger charge is -2.21. The third-order valence-electron chi connectivity index (χ3n) is 4.23. The molecule has 1 aromatic carbocycles. The lowest BCUT2D eigenvalue weighted by atomic mass is 10.1. The number of amides is 2. The molecule has 5 nitrogen and oxygen atoms in total. The average Bonchev–Trinajstić information content (AvgIpc) is 3.02. The molecule has 0 radical (unpaired) electrons. The number of aliphatic hydroxyl groups excluding tert-OH is 1. The van der Waals surface area contributed by atoms with Gasteiger partial charge in [0.1, 0.15) is 5.75 Å². The van der Waals surface area contributed by atoms with E-state index in [-0.39, 0.29) is 24.6 Å². The Balaban J connectivity index is 1.73. The second-order valence-corrected chi connectivity index (χ2v) is 6.02. The standard InChI is InChI=1S/C17H26N2O3/c1-13(3-4-14-5-7-16(22-2)8-6-14)18-17(21)19-10-9-15(11-19)12-20/h5-8,13,15,20H,3-4,9-12H2,1-2H3,(H,18,21). The summed E-state index contributed by atoms with van der Waals surface area (Å²) in [6, 6.07) is 8.13. The maximum atomic E-state index is 12.1. The van der Waals surface area contributed by atoms with Crippen molar-refractivity contribution in [3.05, 3.63) is 29.8 Å². The van der Waals surface area contributed by atoms with Crippen molar-refractivity contribution in [3.63, 3.8) is 0 Å². The molecule has 1 aliphatic rings. The molecule has 2 unspecified atom stereocenters. The molecule has 1 aromatic rings. The third kappa shape index (κ3) is 4.63. The number of aryl methyl sites for hydroxylation is 1. The van der Waals surface area contributed by atoms with Crippen LogP contribution in [0, 0.1) is 5.92 Å². The van der Waals surface area contributed by atoms with Crippen LogP contribution in [0.1, 0.15) is 25.3 Å². The molecule has 1 saturated heterocycles. The molecule has 2 rings (SSSR count). The first-order valence-corrected chi connectivity index (χ1v) is 7.91. The largest absolute Gasteiger partial charge is 0.497 e. The van der Waals surface area contributed by atoms with Crippen LogP contribution in [0.4, 0.5) is 4.79 Å². The van der Waals surface area contributed by atoms with Gasteiger partial charge in [0, 0.05) is 31.7 Å². The van der Waals surface area contributed by atoms with E-state index in [9.17, 15) is 4.79 Å². The van der Waals surface area contributed by atoms with Crippen LogP contribution in [0.3, 0.4) is 0 Å². The van der Waals surface area contributed by atoms with Crippen molar-refractivity contribution >= 4 is 6.03 Å². The highest BCUT2D eigenvalue weighted by atomic mass is 16.5. The van der Waals surface area contributed by atoms with Crippen LogP contribution in [0.5, 0.6) is 5.75 Å². The van der Waals surface area contributed by atoms with Gasteiger partial charge in [-0.15, -0.1) is 0 Å². The van der Waals surface area contributed by atoms with Crippen LogP contribution in [0.25, 0.3) is 0 Å². The molecule has 22 heavy (non-hydrogen) atoms. The normalized spacial score (nSPS) is 19.0. The molecule has 122 valence electrons. The Hall–Kier alpha value is -1.75. The second-order valence-electron chi connectivity index (χ2n) is 6.02. The van der Waals surface area contributed by atoms with Crippen LogP contribution >= 0.6 is 0 Å². The van der Waals surface area contributed by atoms with Crippen molar-refractivity contribution in [2.75, 3.05) is 26.8 Å². The van der Waals surface area contributed by atoms with E-state index in [1.54, 1.807) is 12.0 Å². The molecular formula is C17H26N2O3. The van der Waals surface area contributed by atoms with Crippen LogP contribution in [0.15, 0.2) is 24.3 Å². The number of carbonyl (C=O) groups excluding carboxylic acids is 1. The van der Waals surface area contributed by atoms with E-state index in [0.29, 0.717) is 6.54 Å². The minimum absolute atomic E-state index is 0.0156. The van der Waals surface area contributed by atoms with Crippen molar-refractivity contribution in [1.29, 1.82) is 0 Å². The van der Waals surface area contributed by atoms with Gasteiger partial charge in [-0.25, -0.2) is 4.79 Å². The number of hydrogen-bond donors (Lipinski definition) is 2. The highest BCUT2D eigenvalue weighted by Gasteiger charge is 2.26. The molecule has 1 heterocycles. The summed E-state index contributed by atoms with van der Waals surface area (Å²) < 4.78 is 5.14. The Morgan fingerprint density at radius 3 is 2.77 bits per heavy atom. The topological polar surface area (TPSA) is 61.8 Å². The zero-order chi connectivity index (χ0) is 15.9. The van der Waals surface area contributed by atoms with E-state index in [1.165, 1.54) is 5.56 Å². The van der Waals surface area contributed by atoms with Crippen LogP contribution in [0.2, 0.25) is 0 Å². The zero-order valence-electron chi connectivity index (χ0n) is 13.4. The van der Waals surface area contributed by atoms with Gasteiger partial charge in [0.15, 0.2) is 0 Å². The molecule has 0 aromatic heterocycles. The number of rotatable bonds is 6. The van der Waals surface area contributed by atoms with E-state index in [2.05, 4.69) is 17.4 Å². The van der Waals surface area contributed by atoms with Gasteiger partial charge in [0.2, 0.25) is 0 Å². The van der Waals surface area contributed by atoms with Crippen molar-refractivity contribution in [2.45, 2.75) is 32.2 Å². The van der Waals surface area contributed by atoms with E-state index < -0.39 is 0 Å². The summed E-state index contributed by atoms with van der Waals surface area (Å²) in [6.45, 7) is 3.59. The molecule has 0 bridgehead atoms. The minimum Gasteiger partial charge on any atom is -0.497 e. The van der Waals surface area contributed by atoms with Gasteiger partial charge in [0.05, 0.1) is 7.11 Å². The maximum Gasteiger partial charge on any atom is 0.317 e. The molecule has 0 saturated carbocycles. The number of aliphatic hydroxyl groups is 1. The second kappa shape index (κ2) is 8.03. The number of hydrogen-bond acceptors (Lipinski definition) is 3. The van der Waals surface area contributed by atoms with Crippen LogP contribution in [-0.4, -0.2) is 48.9 Å². The Morgan fingerprint density at radius 1 is 1.45 bits per heavy atom.